The van der Waals surface area contributed by atoms with Gasteiger partial charge in [0.2, 0.25) is 15.9 Å². The van der Waals surface area contributed by atoms with E-state index in [0.717, 1.165) is 12.8 Å². The topological polar surface area (TPSA) is 119 Å². The van der Waals surface area contributed by atoms with Crippen molar-refractivity contribution in [3.05, 3.63) is 52.5 Å². The summed E-state index contributed by atoms with van der Waals surface area (Å²) in [6.07, 6.45) is 1.70. The molecule has 0 radical (unpaired) electrons. The van der Waals surface area contributed by atoms with Gasteiger partial charge in [0.05, 0.1) is 29.2 Å². The number of nitrogens with zero attached hydrogens (tertiary/aromatic N) is 1. The van der Waals surface area contributed by atoms with Crippen molar-refractivity contribution in [2.45, 2.75) is 24.2 Å². The highest BCUT2D eigenvalue weighted by atomic mass is 79.9. The third kappa shape index (κ3) is 5.18. The monoisotopic (exact) mass is 495 g/mol. The lowest BCUT2D eigenvalue weighted by Gasteiger charge is -2.17. The molecule has 0 aromatic heterocycles. The summed E-state index contributed by atoms with van der Waals surface area (Å²) in [4.78, 5) is 23.9. The summed E-state index contributed by atoms with van der Waals surface area (Å²) in [5, 5.41) is 2.74. The van der Waals surface area contributed by atoms with Gasteiger partial charge in [-0.3, -0.25) is 9.59 Å². The summed E-state index contributed by atoms with van der Waals surface area (Å²) in [6, 6.07) is 11.1. The molecule has 3 N–H and O–H groups in total. The SMILES string of the molecule is NC(=O)CCOc1ccccc1NC(=O)c1cc(S(=O)(=O)N2CCCC2)ccc1Br. The lowest BCUT2D eigenvalue weighted by Crippen LogP contribution is -2.28. The maximum atomic E-state index is 12.9. The molecule has 1 aliphatic heterocycles. The lowest BCUT2D eigenvalue weighted by atomic mass is 10.2. The second-order valence-corrected chi connectivity index (χ2v) is 9.56. The molecule has 0 atom stereocenters. The minimum absolute atomic E-state index is 0.0459. The molecule has 2 aromatic rings. The third-order valence-electron chi connectivity index (χ3n) is 4.63. The Balaban J connectivity index is 1.82. The number of nitrogens with one attached hydrogen (secondary N) is 1. The summed E-state index contributed by atoms with van der Waals surface area (Å²) in [6.45, 7) is 1.04. The number of carbonyl (C=O) groups excluding carboxylic acids is 2. The van der Waals surface area contributed by atoms with Gasteiger partial charge >= 0.3 is 0 Å². The second kappa shape index (κ2) is 9.59. The van der Waals surface area contributed by atoms with E-state index in [9.17, 15) is 18.0 Å². The smallest absolute Gasteiger partial charge is 0.256 e. The van der Waals surface area contributed by atoms with Gasteiger partial charge in [-0.1, -0.05) is 12.1 Å². The Hall–Kier alpha value is -2.43. The summed E-state index contributed by atoms with van der Waals surface area (Å²) in [7, 11) is -3.65. The summed E-state index contributed by atoms with van der Waals surface area (Å²) in [5.74, 6) is -0.605. The average molecular weight is 496 g/mol. The Bertz CT molecular complexity index is 1050. The van der Waals surface area contributed by atoms with E-state index in [4.69, 9.17) is 10.5 Å². The minimum atomic E-state index is -3.65. The number of sulfonamides is 1. The number of carbonyl (C=O) groups is 2. The standard InChI is InChI=1S/C20H22BrN3O5S/c21-16-8-7-14(30(27,28)24-10-3-4-11-24)13-15(16)20(26)23-17-5-1-2-6-18(17)29-12-9-19(22)25/h1-2,5-8,13H,3-4,9-12H2,(H2,22,25)(H,23,26). The number of hydrogen-bond acceptors (Lipinski definition) is 5. The molecule has 0 unspecified atom stereocenters. The van der Waals surface area contributed by atoms with Crippen LogP contribution in [0.1, 0.15) is 29.6 Å². The number of para-hydroxylation sites is 2. The van der Waals surface area contributed by atoms with Crippen LogP contribution in [0.25, 0.3) is 0 Å². The molecule has 1 aliphatic rings. The van der Waals surface area contributed by atoms with E-state index >= 15 is 0 Å². The summed E-state index contributed by atoms with van der Waals surface area (Å²) >= 11 is 3.32. The molecule has 1 heterocycles. The number of benzene rings is 2. The number of halogens is 1. The number of primary amides is 1. The Kier molecular flexibility index (Phi) is 7.11. The molecule has 2 aromatic carbocycles. The third-order valence-corrected chi connectivity index (χ3v) is 7.21. The van der Waals surface area contributed by atoms with Gasteiger partial charge in [0.15, 0.2) is 0 Å². The zero-order valence-corrected chi connectivity index (χ0v) is 18.5. The molecule has 3 rings (SSSR count). The number of anilines is 1. The van der Waals surface area contributed by atoms with Gasteiger partial charge in [0, 0.05) is 17.6 Å². The largest absolute Gasteiger partial charge is 0.491 e. The summed E-state index contributed by atoms with van der Waals surface area (Å²) in [5.41, 5.74) is 5.69. The van der Waals surface area contributed by atoms with E-state index in [1.54, 1.807) is 30.3 Å². The van der Waals surface area contributed by atoms with Crippen molar-refractivity contribution in [1.82, 2.24) is 4.31 Å². The highest BCUT2D eigenvalue weighted by Gasteiger charge is 2.28. The molecule has 1 saturated heterocycles. The molecule has 8 nitrogen and oxygen atoms in total. The number of amides is 2. The van der Waals surface area contributed by atoms with Crippen LogP contribution >= 0.6 is 15.9 Å². The van der Waals surface area contributed by atoms with E-state index < -0.39 is 21.8 Å². The van der Waals surface area contributed by atoms with Gasteiger partial charge in [0.1, 0.15) is 5.75 Å². The van der Waals surface area contributed by atoms with Crippen molar-refractivity contribution in [2.24, 2.45) is 5.73 Å². The van der Waals surface area contributed by atoms with E-state index in [1.165, 1.54) is 16.4 Å². The van der Waals surface area contributed by atoms with Gasteiger partial charge in [-0.25, -0.2) is 8.42 Å². The van der Waals surface area contributed by atoms with Crippen molar-refractivity contribution in [2.75, 3.05) is 25.0 Å². The highest BCUT2D eigenvalue weighted by molar-refractivity contribution is 9.10. The lowest BCUT2D eigenvalue weighted by molar-refractivity contribution is -0.118. The molecule has 1 fully saturated rings. The predicted octanol–water partition coefficient (Wildman–Crippen LogP) is 2.74. The van der Waals surface area contributed by atoms with Crippen LogP contribution in [-0.2, 0) is 14.8 Å². The molecule has 0 saturated carbocycles. The van der Waals surface area contributed by atoms with Gasteiger partial charge in [-0.2, -0.15) is 4.31 Å². The fourth-order valence-corrected chi connectivity index (χ4v) is 5.03. The molecular weight excluding hydrogens is 474 g/mol. The number of nitrogens with two attached hydrogens (primary N) is 1. The van der Waals surface area contributed by atoms with E-state index in [-0.39, 0.29) is 23.5 Å². The van der Waals surface area contributed by atoms with Crippen molar-refractivity contribution in [3.63, 3.8) is 0 Å². The van der Waals surface area contributed by atoms with Crippen LogP contribution in [0.5, 0.6) is 5.75 Å². The second-order valence-electron chi connectivity index (χ2n) is 6.77. The number of ether oxygens (including phenoxy) is 1. The summed E-state index contributed by atoms with van der Waals surface area (Å²) < 4.78 is 33.1. The first-order valence-corrected chi connectivity index (χ1v) is 11.6. The molecule has 2 amide bonds. The Morgan fingerprint density at radius 2 is 1.83 bits per heavy atom. The first kappa shape index (κ1) is 22.3. The molecular formula is C20H22BrN3O5S. The highest BCUT2D eigenvalue weighted by Crippen LogP contribution is 2.28. The van der Waals surface area contributed by atoms with Crippen LogP contribution in [-0.4, -0.2) is 44.2 Å². The first-order chi connectivity index (χ1) is 14.3. The maximum Gasteiger partial charge on any atom is 0.256 e. The van der Waals surface area contributed by atoms with Crippen molar-refractivity contribution in [1.29, 1.82) is 0 Å². The molecule has 0 aliphatic carbocycles. The van der Waals surface area contributed by atoms with Crippen LogP contribution in [0.3, 0.4) is 0 Å². The van der Waals surface area contributed by atoms with Crippen LogP contribution in [0.2, 0.25) is 0 Å². The van der Waals surface area contributed by atoms with E-state index in [0.29, 0.717) is 29.0 Å². The van der Waals surface area contributed by atoms with E-state index in [2.05, 4.69) is 21.2 Å². The predicted molar refractivity (Wildman–Crippen MR) is 116 cm³/mol. The van der Waals surface area contributed by atoms with Crippen molar-refractivity contribution < 1.29 is 22.7 Å². The molecule has 30 heavy (non-hydrogen) atoms. The van der Waals surface area contributed by atoms with Crippen molar-refractivity contribution in [3.8, 4) is 5.75 Å². The average Bonchev–Trinajstić information content (AvgIpc) is 3.25. The van der Waals surface area contributed by atoms with Crippen LogP contribution in [0.15, 0.2) is 51.8 Å². The molecule has 0 spiro atoms. The maximum absolute atomic E-state index is 12.9. The zero-order valence-electron chi connectivity index (χ0n) is 16.1. The fraction of sp³-hybridized carbons (Fsp3) is 0.300. The van der Waals surface area contributed by atoms with Crippen molar-refractivity contribution >= 4 is 43.5 Å². The Morgan fingerprint density at radius 1 is 1.13 bits per heavy atom. The van der Waals surface area contributed by atoms with E-state index in [1.807, 2.05) is 0 Å². The molecule has 0 bridgehead atoms. The van der Waals surface area contributed by atoms with Gasteiger partial charge < -0.3 is 15.8 Å². The molecule has 10 heteroatoms. The first-order valence-electron chi connectivity index (χ1n) is 9.40. The van der Waals surface area contributed by atoms with Crippen LogP contribution in [0.4, 0.5) is 5.69 Å². The minimum Gasteiger partial charge on any atom is -0.491 e. The normalized spacial score (nSPS) is 14.4. The number of hydrogen-bond donors (Lipinski definition) is 2. The Labute approximate surface area is 183 Å². The fourth-order valence-electron chi connectivity index (χ4n) is 3.06. The molecule has 160 valence electrons. The zero-order chi connectivity index (χ0) is 21.7. The Morgan fingerprint density at radius 3 is 2.53 bits per heavy atom. The van der Waals surface area contributed by atoms with Crippen LogP contribution in [0, 0.1) is 0 Å². The van der Waals surface area contributed by atoms with Gasteiger partial charge in [-0.05, 0) is 59.1 Å². The van der Waals surface area contributed by atoms with Crippen LogP contribution < -0.4 is 15.8 Å². The van der Waals surface area contributed by atoms with Gasteiger partial charge in [0.25, 0.3) is 5.91 Å². The van der Waals surface area contributed by atoms with Gasteiger partial charge in [-0.15, -0.1) is 0 Å². The quantitative estimate of drug-likeness (QED) is 0.583. The number of rotatable bonds is 8.